The molecule has 0 atom stereocenters. The van der Waals surface area contributed by atoms with Crippen molar-refractivity contribution in [1.82, 2.24) is 14.9 Å². The fourth-order valence-corrected chi connectivity index (χ4v) is 5.77. The predicted octanol–water partition coefficient (Wildman–Crippen LogP) is 6.06. The smallest absolute Gasteiger partial charge is 0.161 e. The highest BCUT2D eigenvalue weighted by Gasteiger charge is 2.19. The van der Waals surface area contributed by atoms with E-state index in [-0.39, 0.29) is 6.10 Å². The van der Waals surface area contributed by atoms with E-state index in [1.165, 1.54) is 32.4 Å². The molecule has 0 N–H and O–H groups in total. The molecule has 0 bridgehead atoms. The summed E-state index contributed by atoms with van der Waals surface area (Å²) in [6, 6.07) is 15.8. The molecule has 3 aromatic rings. The van der Waals surface area contributed by atoms with E-state index >= 15 is 0 Å². The minimum atomic E-state index is 0.0738. The molecular formula is C34H42N4O4. The Morgan fingerprint density at radius 2 is 1.81 bits per heavy atom. The van der Waals surface area contributed by atoms with Crippen LogP contribution in [0.2, 0.25) is 0 Å². The number of hydrogen-bond donors (Lipinski definition) is 0. The molecule has 42 heavy (non-hydrogen) atoms. The number of nitriles is 1. The molecule has 2 aliphatic heterocycles. The van der Waals surface area contributed by atoms with Crippen LogP contribution in [0.4, 0.5) is 0 Å². The van der Waals surface area contributed by atoms with Crippen molar-refractivity contribution >= 4 is 0 Å². The van der Waals surface area contributed by atoms with E-state index in [0.29, 0.717) is 43.4 Å². The van der Waals surface area contributed by atoms with Crippen molar-refractivity contribution in [2.24, 2.45) is 5.92 Å². The molecule has 0 unspecified atom stereocenters. The standard InChI is InChI=1S/C34H42N4O4/c1-3-38-16-11-25(12-17-38)5-4-18-41-33-21-26(6-8-32(33)39-2)22-34-36-15-10-30(37-34)27-7-9-31(28(23-27)24-35)42-29-13-19-40-20-14-29/h6-10,15,21,23,25,29H,3-5,11-14,16-20,22H2,1-2H3. The summed E-state index contributed by atoms with van der Waals surface area (Å²) in [5.74, 6) is 3.59. The zero-order chi connectivity index (χ0) is 29.1. The van der Waals surface area contributed by atoms with Gasteiger partial charge in [-0.2, -0.15) is 5.26 Å². The minimum Gasteiger partial charge on any atom is -0.493 e. The molecule has 3 heterocycles. The number of methoxy groups -OCH3 is 1. The van der Waals surface area contributed by atoms with Crippen molar-refractivity contribution in [3.63, 3.8) is 0 Å². The lowest BCUT2D eigenvalue weighted by Crippen LogP contribution is -2.33. The fraction of sp³-hybridized carbons (Fsp3) is 0.500. The first-order chi connectivity index (χ1) is 20.6. The number of benzene rings is 2. The summed E-state index contributed by atoms with van der Waals surface area (Å²) in [7, 11) is 1.67. The van der Waals surface area contributed by atoms with Gasteiger partial charge in [0.05, 0.1) is 38.2 Å². The van der Waals surface area contributed by atoms with Crippen molar-refractivity contribution in [2.45, 2.75) is 58.0 Å². The zero-order valence-corrected chi connectivity index (χ0v) is 24.9. The van der Waals surface area contributed by atoms with E-state index < -0.39 is 0 Å². The topological polar surface area (TPSA) is 89.7 Å². The predicted molar refractivity (Wildman–Crippen MR) is 162 cm³/mol. The van der Waals surface area contributed by atoms with E-state index in [2.05, 4.69) is 22.9 Å². The van der Waals surface area contributed by atoms with Crippen LogP contribution in [0.5, 0.6) is 17.2 Å². The van der Waals surface area contributed by atoms with Gasteiger partial charge in [0, 0.05) is 31.0 Å². The maximum Gasteiger partial charge on any atom is 0.161 e. The van der Waals surface area contributed by atoms with Crippen LogP contribution in [0, 0.1) is 17.2 Å². The van der Waals surface area contributed by atoms with Crippen LogP contribution >= 0.6 is 0 Å². The van der Waals surface area contributed by atoms with Crippen molar-refractivity contribution in [3.8, 4) is 34.6 Å². The van der Waals surface area contributed by atoms with Crippen LogP contribution in [0.15, 0.2) is 48.7 Å². The molecule has 8 nitrogen and oxygen atoms in total. The Morgan fingerprint density at radius 3 is 2.57 bits per heavy atom. The third kappa shape index (κ3) is 7.99. The van der Waals surface area contributed by atoms with Gasteiger partial charge in [0.25, 0.3) is 0 Å². The number of likely N-dealkylation sites (tertiary alicyclic amines) is 1. The van der Waals surface area contributed by atoms with Gasteiger partial charge >= 0.3 is 0 Å². The molecule has 8 heteroatoms. The summed E-state index contributed by atoms with van der Waals surface area (Å²) in [6.07, 6.45) is 8.88. The highest BCUT2D eigenvalue weighted by Crippen LogP contribution is 2.31. The molecule has 2 aliphatic rings. The first-order valence-electron chi connectivity index (χ1n) is 15.3. The lowest BCUT2D eigenvalue weighted by molar-refractivity contribution is 0.0254. The fourth-order valence-electron chi connectivity index (χ4n) is 5.77. The van der Waals surface area contributed by atoms with Gasteiger partial charge in [0.15, 0.2) is 11.5 Å². The monoisotopic (exact) mass is 570 g/mol. The zero-order valence-electron chi connectivity index (χ0n) is 24.9. The van der Waals surface area contributed by atoms with Crippen LogP contribution < -0.4 is 14.2 Å². The van der Waals surface area contributed by atoms with E-state index in [1.54, 1.807) is 13.3 Å². The molecule has 1 aromatic heterocycles. The molecule has 222 valence electrons. The summed E-state index contributed by atoms with van der Waals surface area (Å²) in [5.41, 5.74) is 3.17. The maximum absolute atomic E-state index is 9.79. The summed E-state index contributed by atoms with van der Waals surface area (Å²) in [4.78, 5) is 11.9. The van der Waals surface area contributed by atoms with E-state index in [9.17, 15) is 5.26 Å². The largest absolute Gasteiger partial charge is 0.493 e. The second-order valence-electron chi connectivity index (χ2n) is 11.1. The van der Waals surface area contributed by atoms with E-state index in [1.807, 2.05) is 42.5 Å². The SMILES string of the molecule is CCN1CCC(CCCOc2cc(Cc3nccc(-c4ccc(OC5CCOCC5)c(C#N)c4)n3)ccc2OC)CC1. The quantitative estimate of drug-likeness (QED) is 0.243. The summed E-state index contributed by atoms with van der Waals surface area (Å²) in [6.45, 7) is 7.89. The molecule has 0 saturated carbocycles. The average molecular weight is 571 g/mol. The number of rotatable bonds is 12. The Kier molecular flexibility index (Phi) is 10.6. The highest BCUT2D eigenvalue weighted by atomic mass is 16.5. The molecule has 2 aromatic carbocycles. The molecule has 0 amide bonds. The van der Waals surface area contributed by atoms with Crippen molar-refractivity contribution in [1.29, 1.82) is 5.26 Å². The van der Waals surface area contributed by atoms with Gasteiger partial charge in [0.1, 0.15) is 23.7 Å². The number of piperidine rings is 1. The van der Waals surface area contributed by atoms with Gasteiger partial charge in [-0.3, -0.25) is 0 Å². The number of nitrogens with zero attached hydrogens (tertiary/aromatic N) is 4. The van der Waals surface area contributed by atoms with Crippen LogP contribution in [0.1, 0.15) is 62.4 Å². The van der Waals surface area contributed by atoms with Crippen molar-refractivity contribution in [3.05, 3.63) is 65.6 Å². The second kappa shape index (κ2) is 15.0. The van der Waals surface area contributed by atoms with Gasteiger partial charge < -0.3 is 23.8 Å². The lowest BCUT2D eigenvalue weighted by Gasteiger charge is -2.31. The molecule has 5 rings (SSSR count). The van der Waals surface area contributed by atoms with Crippen molar-refractivity contribution < 1.29 is 18.9 Å². The maximum atomic E-state index is 9.79. The molecule has 0 spiro atoms. The molecule has 0 aliphatic carbocycles. The second-order valence-corrected chi connectivity index (χ2v) is 11.1. The Morgan fingerprint density at radius 1 is 1.00 bits per heavy atom. The summed E-state index contributed by atoms with van der Waals surface area (Å²) < 4.78 is 23.3. The van der Waals surface area contributed by atoms with Crippen LogP contribution in [-0.2, 0) is 11.2 Å². The van der Waals surface area contributed by atoms with Gasteiger partial charge in [-0.05, 0) is 93.2 Å². The average Bonchev–Trinajstić information content (AvgIpc) is 3.04. The Hall–Kier alpha value is -3.67. The first kappa shape index (κ1) is 29.8. The van der Waals surface area contributed by atoms with Crippen LogP contribution in [0.3, 0.4) is 0 Å². The van der Waals surface area contributed by atoms with Crippen LogP contribution in [-0.4, -0.2) is 67.5 Å². The number of aromatic nitrogens is 2. The minimum absolute atomic E-state index is 0.0738. The molecular weight excluding hydrogens is 528 g/mol. The Bertz CT molecular complexity index is 1340. The first-order valence-corrected chi connectivity index (χ1v) is 15.3. The summed E-state index contributed by atoms with van der Waals surface area (Å²) >= 11 is 0. The molecule has 2 saturated heterocycles. The Labute approximate surface area is 249 Å². The number of ether oxygens (including phenoxy) is 4. The van der Waals surface area contributed by atoms with Crippen LogP contribution in [0.25, 0.3) is 11.3 Å². The van der Waals surface area contributed by atoms with E-state index in [4.69, 9.17) is 23.9 Å². The summed E-state index contributed by atoms with van der Waals surface area (Å²) in [5, 5.41) is 9.79. The Balaban J connectivity index is 1.20. The number of hydrogen-bond acceptors (Lipinski definition) is 8. The third-order valence-electron chi connectivity index (χ3n) is 8.32. The van der Waals surface area contributed by atoms with E-state index in [0.717, 1.165) is 60.0 Å². The van der Waals surface area contributed by atoms with Gasteiger partial charge in [-0.1, -0.05) is 13.0 Å². The van der Waals surface area contributed by atoms with Gasteiger partial charge in [-0.15, -0.1) is 0 Å². The van der Waals surface area contributed by atoms with Gasteiger partial charge in [-0.25, -0.2) is 9.97 Å². The highest BCUT2D eigenvalue weighted by molar-refractivity contribution is 5.64. The molecule has 2 fully saturated rings. The third-order valence-corrected chi connectivity index (χ3v) is 8.32. The van der Waals surface area contributed by atoms with Crippen molar-refractivity contribution in [2.75, 3.05) is 46.6 Å². The van der Waals surface area contributed by atoms with Gasteiger partial charge in [0.2, 0.25) is 0 Å². The molecule has 0 radical (unpaired) electrons. The lowest BCUT2D eigenvalue weighted by atomic mass is 9.92. The normalized spacial score (nSPS) is 16.6.